The molecule has 102 valence electrons. The monoisotopic (exact) mass is 251 g/mol. The van der Waals surface area contributed by atoms with Crippen molar-refractivity contribution in [3.63, 3.8) is 0 Å². The number of carbonyl (C=O) groups is 1. The molecule has 1 amide bonds. The molecule has 4 nitrogen and oxygen atoms in total. The predicted octanol–water partition coefficient (Wildman–Crippen LogP) is 1.77. The van der Waals surface area contributed by atoms with E-state index in [9.17, 15) is 4.79 Å². The minimum absolute atomic E-state index is 0.0605. The van der Waals surface area contributed by atoms with E-state index in [1.807, 2.05) is 0 Å². The summed E-state index contributed by atoms with van der Waals surface area (Å²) in [7, 11) is 0. The van der Waals surface area contributed by atoms with Gasteiger partial charge in [-0.2, -0.15) is 5.26 Å². The van der Waals surface area contributed by atoms with Crippen LogP contribution in [-0.2, 0) is 4.79 Å². The van der Waals surface area contributed by atoms with Crippen molar-refractivity contribution >= 4 is 5.91 Å². The molecular weight excluding hydrogens is 226 g/mol. The van der Waals surface area contributed by atoms with Gasteiger partial charge in [-0.1, -0.05) is 27.7 Å². The van der Waals surface area contributed by atoms with Crippen LogP contribution < -0.4 is 5.32 Å². The summed E-state index contributed by atoms with van der Waals surface area (Å²) in [6.45, 7) is 9.73. The van der Waals surface area contributed by atoms with E-state index in [0.29, 0.717) is 24.4 Å². The molecule has 1 heterocycles. The molecule has 0 bridgehead atoms. The van der Waals surface area contributed by atoms with Crippen LogP contribution in [0.1, 0.15) is 40.5 Å². The van der Waals surface area contributed by atoms with Crippen LogP contribution in [0.3, 0.4) is 0 Å². The first-order valence-electron chi connectivity index (χ1n) is 6.89. The molecule has 1 aliphatic rings. The van der Waals surface area contributed by atoms with Gasteiger partial charge in [0.15, 0.2) is 0 Å². The summed E-state index contributed by atoms with van der Waals surface area (Å²) in [5.74, 6) is 1.07. The number of nitrogens with one attached hydrogen (secondary N) is 1. The summed E-state index contributed by atoms with van der Waals surface area (Å²) >= 11 is 0. The van der Waals surface area contributed by atoms with Crippen molar-refractivity contribution in [3.8, 4) is 6.07 Å². The van der Waals surface area contributed by atoms with Gasteiger partial charge in [-0.25, -0.2) is 0 Å². The van der Waals surface area contributed by atoms with Crippen molar-refractivity contribution in [2.45, 2.75) is 52.6 Å². The molecule has 0 aromatic rings. The quantitative estimate of drug-likeness (QED) is 0.810. The van der Waals surface area contributed by atoms with Gasteiger partial charge in [-0.05, 0) is 24.7 Å². The van der Waals surface area contributed by atoms with Crippen LogP contribution in [0.15, 0.2) is 0 Å². The van der Waals surface area contributed by atoms with E-state index in [4.69, 9.17) is 5.26 Å². The number of hydrogen-bond acceptors (Lipinski definition) is 3. The molecule has 1 rings (SSSR count). The summed E-state index contributed by atoms with van der Waals surface area (Å²) in [6.07, 6.45) is 1.77. The lowest BCUT2D eigenvalue weighted by Gasteiger charge is -2.27. The number of rotatable bonds is 5. The Morgan fingerprint density at radius 3 is 2.50 bits per heavy atom. The van der Waals surface area contributed by atoms with Crippen LogP contribution >= 0.6 is 0 Å². The standard InChI is InChI=1S/C14H25N3O/c1-10(2)14(11(3)4)16-9-13(18)17-7-5-6-12(17)8-15/h10-12,14,16H,5-7,9H2,1-4H3/t12-/m0/s1. The second-order valence-corrected chi connectivity index (χ2v) is 5.77. The highest BCUT2D eigenvalue weighted by Crippen LogP contribution is 2.17. The lowest BCUT2D eigenvalue weighted by Crippen LogP contribution is -2.46. The molecule has 1 saturated heterocycles. The topological polar surface area (TPSA) is 56.1 Å². The molecule has 0 radical (unpaired) electrons. The van der Waals surface area contributed by atoms with E-state index in [2.05, 4.69) is 39.1 Å². The molecule has 1 N–H and O–H groups in total. The first-order valence-corrected chi connectivity index (χ1v) is 6.89. The lowest BCUT2D eigenvalue weighted by molar-refractivity contribution is -0.130. The Kier molecular flexibility index (Phi) is 5.61. The van der Waals surface area contributed by atoms with Gasteiger partial charge >= 0.3 is 0 Å². The first-order chi connectivity index (χ1) is 8.47. The molecule has 0 unspecified atom stereocenters. The molecule has 1 fully saturated rings. The smallest absolute Gasteiger partial charge is 0.237 e. The first kappa shape index (κ1) is 15.0. The fourth-order valence-electron chi connectivity index (χ4n) is 2.75. The average Bonchev–Trinajstić information content (AvgIpc) is 2.75. The largest absolute Gasteiger partial charge is 0.326 e. The molecule has 1 atom stereocenters. The molecule has 1 aliphatic heterocycles. The Morgan fingerprint density at radius 1 is 1.39 bits per heavy atom. The molecule has 0 aromatic carbocycles. The highest BCUT2D eigenvalue weighted by molar-refractivity contribution is 5.79. The Hall–Kier alpha value is -1.08. The van der Waals surface area contributed by atoms with Gasteiger partial charge < -0.3 is 10.2 Å². The fraction of sp³-hybridized carbons (Fsp3) is 0.857. The van der Waals surface area contributed by atoms with Crippen LogP contribution in [0, 0.1) is 23.2 Å². The maximum Gasteiger partial charge on any atom is 0.237 e. The van der Waals surface area contributed by atoms with Crippen molar-refractivity contribution in [2.24, 2.45) is 11.8 Å². The van der Waals surface area contributed by atoms with E-state index in [0.717, 1.165) is 19.4 Å². The van der Waals surface area contributed by atoms with E-state index in [1.165, 1.54) is 0 Å². The van der Waals surface area contributed by atoms with E-state index >= 15 is 0 Å². The summed E-state index contributed by atoms with van der Waals surface area (Å²) < 4.78 is 0. The number of amides is 1. The number of nitrogens with zero attached hydrogens (tertiary/aromatic N) is 2. The molecule has 0 aliphatic carbocycles. The molecular formula is C14H25N3O. The highest BCUT2D eigenvalue weighted by atomic mass is 16.2. The number of likely N-dealkylation sites (tertiary alicyclic amines) is 1. The second kappa shape index (κ2) is 6.75. The minimum atomic E-state index is -0.212. The molecule has 0 spiro atoms. The van der Waals surface area contributed by atoms with Gasteiger partial charge in [-0.3, -0.25) is 4.79 Å². The Bertz CT molecular complexity index is 311. The zero-order valence-corrected chi connectivity index (χ0v) is 11.9. The third-order valence-corrected chi connectivity index (χ3v) is 3.65. The molecule has 0 saturated carbocycles. The normalized spacial score (nSPS) is 19.9. The Morgan fingerprint density at radius 2 is 2.00 bits per heavy atom. The third kappa shape index (κ3) is 3.71. The van der Waals surface area contributed by atoms with Gasteiger partial charge in [0, 0.05) is 12.6 Å². The fourth-order valence-corrected chi connectivity index (χ4v) is 2.75. The van der Waals surface area contributed by atoms with Crippen LogP contribution in [0.5, 0.6) is 0 Å². The summed E-state index contributed by atoms with van der Waals surface area (Å²) in [6, 6.07) is 2.34. The number of nitriles is 1. The van der Waals surface area contributed by atoms with Crippen molar-refractivity contribution in [2.75, 3.05) is 13.1 Å². The maximum atomic E-state index is 12.1. The summed E-state index contributed by atoms with van der Waals surface area (Å²) in [5, 5.41) is 12.3. The Labute approximate surface area is 110 Å². The second-order valence-electron chi connectivity index (χ2n) is 5.77. The van der Waals surface area contributed by atoms with E-state index in [-0.39, 0.29) is 11.9 Å². The van der Waals surface area contributed by atoms with Gasteiger partial charge in [0.25, 0.3) is 0 Å². The van der Waals surface area contributed by atoms with Crippen molar-refractivity contribution in [3.05, 3.63) is 0 Å². The molecule has 4 heteroatoms. The molecule has 0 aromatic heterocycles. The molecule has 18 heavy (non-hydrogen) atoms. The van der Waals surface area contributed by atoms with E-state index in [1.54, 1.807) is 4.90 Å². The predicted molar refractivity (Wildman–Crippen MR) is 71.8 cm³/mol. The zero-order chi connectivity index (χ0) is 13.7. The van der Waals surface area contributed by atoms with Crippen LogP contribution in [0.25, 0.3) is 0 Å². The van der Waals surface area contributed by atoms with Crippen LogP contribution in [-0.4, -0.2) is 36.0 Å². The SMILES string of the molecule is CC(C)C(NCC(=O)N1CCC[C@H]1C#N)C(C)C. The average molecular weight is 251 g/mol. The lowest BCUT2D eigenvalue weighted by atomic mass is 9.93. The summed E-state index contributed by atoms with van der Waals surface area (Å²) in [5.41, 5.74) is 0. The summed E-state index contributed by atoms with van der Waals surface area (Å²) in [4.78, 5) is 13.8. The van der Waals surface area contributed by atoms with Crippen LogP contribution in [0.2, 0.25) is 0 Å². The zero-order valence-electron chi connectivity index (χ0n) is 11.9. The van der Waals surface area contributed by atoms with Crippen molar-refractivity contribution in [1.29, 1.82) is 5.26 Å². The number of carbonyl (C=O) groups excluding carboxylic acids is 1. The van der Waals surface area contributed by atoms with Gasteiger partial charge in [0.1, 0.15) is 6.04 Å². The van der Waals surface area contributed by atoms with Crippen molar-refractivity contribution in [1.82, 2.24) is 10.2 Å². The van der Waals surface area contributed by atoms with Gasteiger partial charge in [0.05, 0.1) is 12.6 Å². The maximum absolute atomic E-state index is 12.1. The van der Waals surface area contributed by atoms with Gasteiger partial charge in [0.2, 0.25) is 5.91 Å². The van der Waals surface area contributed by atoms with Crippen LogP contribution in [0.4, 0.5) is 0 Å². The van der Waals surface area contributed by atoms with E-state index < -0.39 is 0 Å². The van der Waals surface area contributed by atoms with Crippen molar-refractivity contribution < 1.29 is 4.79 Å². The Balaban J connectivity index is 2.48. The highest BCUT2D eigenvalue weighted by Gasteiger charge is 2.29. The minimum Gasteiger partial charge on any atom is -0.326 e. The van der Waals surface area contributed by atoms with Gasteiger partial charge in [-0.15, -0.1) is 0 Å². The number of hydrogen-bond donors (Lipinski definition) is 1. The third-order valence-electron chi connectivity index (χ3n) is 3.65.